The SMILES string of the molecule is O=C([C@@H](O)c1ccccc1)N1O[C@H]2C=C[C@@H]1CC2. The van der Waals surface area contributed by atoms with Crippen molar-refractivity contribution < 1.29 is 14.7 Å². The standard InChI is InChI=1S/C14H15NO3/c16-13(10-4-2-1-3-5-10)14(17)15-11-6-8-12(18-15)9-7-11/h1-6,8,11-13,16H,7,9H2/t11-,12+,13+/m1/s1. The second-order valence-electron chi connectivity index (χ2n) is 4.65. The number of aliphatic hydroxyl groups excluding tert-OH is 1. The Morgan fingerprint density at radius 3 is 2.61 bits per heavy atom. The number of nitrogens with zero attached hydrogens (tertiary/aromatic N) is 1. The third-order valence-corrected chi connectivity index (χ3v) is 3.41. The Bertz CT molecular complexity index is 471. The van der Waals surface area contributed by atoms with E-state index in [2.05, 4.69) is 0 Å². The van der Waals surface area contributed by atoms with Crippen LogP contribution in [0.4, 0.5) is 0 Å². The molecule has 1 saturated heterocycles. The monoisotopic (exact) mass is 245 g/mol. The average molecular weight is 245 g/mol. The van der Waals surface area contributed by atoms with E-state index in [9.17, 15) is 9.90 Å². The molecule has 18 heavy (non-hydrogen) atoms. The third kappa shape index (κ3) is 1.94. The second kappa shape index (κ2) is 4.55. The smallest absolute Gasteiger partial charge is 0.280 e. The van der Waals surface area contributed by atoms with Gasteiger partial charge in [0.15, 0.2) is 6.10 Å². The fraction of sp³-hybridized carbons (Fsp3) is 0.357. The van der Waals surface area contributed by atoms with E-state index < -0.39 is 6.10 Å². The number of carbonyl (C=O) groups excluding carboxylic acids is 1. The highest BCUT2D eigenvalue weighted by atomic mass is 16.7. The number of hydrogen-bond donors (Lipinski definition) is 1. The highest BCUT2D eigenvalue weighted by molar-refractivity contribution is 5.81. The molecule has 1 aliphatic carbocycles. The van der Waals surface area contributed by atoms with Crippen LogP contribution in [0.25, 0.3) is 0 Å². The van der Waals surface area contributed by atoms with Crippen molar-refractivity contribution in [3.8, 4) is 0 Å². The van der Waals surface area contributed by atoms with E-state index in [4.69, 9.17) is 4.84 Å². The number of hydrogen-bond acceptors (Lipinski definition) is 3. The van der Waals surface area contributed by atoms with Crippen molar-refractivity contribution in [2.24, 2.45) is 0 Å². The van der Waals surface area contributed by atoms with Crippen LogP contribution in [0.15, 0.2) is 42.5 Å². The normalized spacial score (nSPS) is 27.3. The quantitative estimate of drug-likeness (QED) is 0.805. The van der Waals surface area contributed by atoms with Gasteiger partial charge in [0.2, 0.25) is 0 Å². The molecule has 1 aromatic rings. The zero-order valence-corrected chi connectivity index (χ0v) is 9.90. The maximum Gasteiger partial charge on any atom is 0.280 e. The highest BCUT2D eigenvalue weighted by Crippen LogP contribution is 2.29. The topological polar surface area (TPSA) is 49.8 Å². The first-order chi connectivity index (χ1) is 8.75. The van der Waals surface area contributed by atoms with E-state index in [0.29, 0.717) is 5.56 Å². The predicted molar refractivity (Wildman–Crippen MR) is 65.3 cm³/mol. The Labute approximate surface area is 105 Å². The van der Waals surface area contributed by atoms with Crippen LogP contribution in [-0.2, 0) is 9.63 Å². The van der Waals surface area contributed by atoms with Crippen LogP contribution in [-0.4, -0.2) is 28.2 Å². The molecule has 3 atom stereocenters. The molecule has 4 heteroatoms. The summed E-state index contributed by atoms with van der Waals surface area (Å²) in [6, 6.07) is 8.88. The second-order valence-corrected chi connectivity index (χ2v) is 4.65. The summed E-state index contributed by atoms with van der Waals surface area (Å²) in [5.74, 6) is -0.389. The largest absolute Gasteiger partial charge is 0.378 e. The number of hydroxylamine groups is 2. The van der Waals surface area contributed by atoms with Gasteiger partial charge in [-0.25, -0.2) is 5.06 Å². The molecule has 4 nitrogen and oxygen atoms in total. The van der Waals surface area contributed by atoms with E-state index in [-0.39, 0.29) is 18.1 Å². The number of amides is 1. The van der Waals surface area contributed by atoms with Crippen molar-refractivity contribution in [2.75, 3.05) is 0 Å². The van der Waals surface area contributed by atoms with Crippen LogP contribution in [0.1, 0.15) is 24.5 Å². The summed E-state index contributed by atoms with van der Waals surface area (Å²) in [4.78, 5) is 17.7. The van der Waals surface area contributed by atoms with Gasteiger partial charge in [0.1, 0.15) is 6.10 Å². The minimum atomic E-state index is -1.15. The molecule has 2 bridgehead atoms. The number of fused-ring (bicyclic) bond motifs is 2. The fourth-order valence-corrected chi connectivity index (χ4v) is 2.40. The minimum Gasteiger partial charge on any atom is -0.378 e. The summed E-state index contributed by atoms with van der Waals surface area (Å²) in [5.41, 5.74) is 0.594. The van der Waals surface area contributed by atoms with E-state index in [1.54, 1.807) is 24.3 Å². The van der Waals surface area contributed by atoms with Gasteiger partial charge in [0, 0.05) is 0 Å². The zero-order chi connectivity index (χ0) is 12.5. The van der Waals surface area contributed by atoms with Crippen molar-refractivity contribution in [1.82, 2.24) is 5.06 Å². The van der Waals surface area contributed by atoms with Gasteiger partial charge < -0.3 is 5.11 Å². The van der Waals surface area contributed by atoms with Gasteiger partial charge >= 0.3 is 0 Å². The van der Waals surface area contributed by atoms with E-state index >= 15 is 0 Å². The first-order valence-electron chi connectivity index (χ1n) is 6.17. The van der Waals surface area contributed by atoms with Gasteiger partial charge in [-0.05, 0) is 18.4 Å². The fourth-order valence-electron chi connectivity index (χ4n) is 2.40. The lowest BCUT2D eigenvalue weighted by Gasteiger charge is -2.40. The molecule has 1 amide bonds. The predicted octanol–water partition coefficient (Wildman–Crippen LogP) is 1.58. The maximum atomic E-state index is 12.2. The first kappa shape index (κ1) is 11.4. The zero-order valence-electron chi connectivity index (χ0n) is 9.90. The summed E-state index contributed by atoms with van der Waals surface area (Å²) in [5, 5.41) is 11.4. The van der Waals surface area contributed by atoms with Gasteiger partial charge in [-0.3, -0.25) is 9.63 Å². The minimum absolute atomic E-state index is 0.0260. The Hall–Kier alpha value is -1.65. The number of rotatable bonds is 2. The molecule has 0 unspecified atom stereocenters. The molecule has 2 aliphatic heterocycles. The van der Waals surface area contributed by atoms with Crippen LogP contribution >= 0.6 is 0 Å². The molecule has 94 valence electrons. The molecular formula is C14H15NO3. The lowest BCUT2D eigenvalue weighted by Crippen LogP contribution is -2.50. The Kier molecular flexibility index (Phi) is 2.89. The van der Waals surface area contributed by atoms with E-state index in [0.717, 1.165) is 12.8 Å². The van der Waals surface area contributed by atoms with Crippen molar-refractivity contribution in [2.45, 2.75) is 31.1 Å². The molecule has 0 radical (unpaired) electrons. The van der Waals surface area contributed by atoms with Crippen molar-refractivity contribution in [3.05, 3.63) is 48.0 Å². The van der Waals surface area contributed by atoms with Gasteiger partial charge in [0.05, 0.1) is 6.04 Å². The first-order valence-corrected chi connectivity index (χ1v) is 6.17. The molecule has 1 aromatic carbocycles. The summed E-state index contributed by atoms with van der Waals surface area (Å²) in [6.45, 7) is 0. The van der Waals surface area contributed by atoms with Crippen LogP contribution in [0, 0.1) is 0 Å². The van der Waals surface area contributed by atoms with Gasteiger partial charge in [-0.15, -0.1) is 0 Å². The van der Waals surface area contributed by atoms with Crippen LogP contribution < -0.4 is 0 Å². The summed E-state index contributed by atoms with van der Waals surface area (Å²) < 4.78 is 0. The summed E-state index contributed by atoms with van der Waals surface area (Å²) in [6.07, 6.45) is 4.61. The van der Waals surface area contributed by atoms with Crippen molar-refractivity contribution >= 4 is 5.91 Å². The summed E-state index contributed by atoms with van der Waals surface area (Å²) in [7, 11) is 0. The Balaban J connectivity index is 1.77. The molecule has 1 fully saturated rings. The summed E-state index contributed by atoms with van der Waals surface area (Å²) >= 11 is 0. The molecule has 0 aromatic heterocycles. The molecular weight excluding hydrogens is 230 g/mol. The average Bonchev–Trinajstić information content (AvgIpc) is 2.48. The number of aliphatic hydroxyl groups is 1. The van der Waals surface area contributed by atoms with Gasteiger partial charge in [0.25, 0.3) is 5.91 Å². The number of benzene rings is 1. The molecule has 1 N–H and O–H groups in total. The van der Waals surface area contributed by atoms with Crippen LogP contribution in [0.5, 0.6) is 0 Å². The van der Waals surface area contributed by atoms with Gasteiger partial charge in [-0.1, -0.05) is 42.5 Å². The molecule has 2 heterocycles. The van der Waals surface area contributed by atoms with Crippen molar-refractivity contribution in [1.29, 1.82) is 0 Å². The highest BCUT2D eigenvalue weighted by Gasteiger charge is 2.37. The van der Waals surface area contributed by atoms with Crippen molar-refractivity contribution in [3.63, 3.8) is 0 Å². The molecule has 0 saturated carbocycles. The third-order valence-electron chi connectivity index (χ3n) is 3.41. The van der Waals surface area contributed by atoms with Gasteiger partial charge in [-0.2, -0.15) is 0 Å². The Morgan fingerprint density at radius 1 is 1.28 bits per heavy atom. The van der Waals surface area contributed by atoms with Crippen LogP contribution in [0.2, 0.25) is 0 Å². The van der Waals surface area contributed by atoms with E-state index in [1.165, 1.54) is 5.06 Å². The lowest BCUT2D eigenvalue weighted by atomic mass is 9.97. The number of carbonyl (C=O) groups is 1. The molecule has 3 aliphatic rings. The Morgan fingerprint density at radius 2 is 2.06 bits per heavy atom. The maximum absolute atomic E-state index is 12.2. The lowest BCUT2D eigenvalue weighted by molar-refractivity contribution is -0.236. The molecule has 0 spiro atoms. The van der Waals surface area contributed by atoms with E-state index in [1.807, 2.05) is 18.2 Å². The van der Waals surface area contributed by atoms with Crippen LogP contribution in [0.3, 0.4) is 0 Å². The molecule has 4 rings (SSSR count).